The van der Waals surface area contributed by atoms with Gasteiger partial charge in [-0.1, -0.05) is 6.07 Å². The van der Waals surface area contributed by atoms with E-state index in [9.17, 15) is 4.79 Å². The Balaban J connectivity index is 2.06. The van der Waals surface area contributed by atoms with Crippen LogP contribution in [0.25, 0.3) is 0 Å². The first-order valence-corrected chi connectivity index (χ1v) is 6.19. The number of ether oxygens (including phenoxy) is 1. The van der Waals surface area contributed by atoms with Crippen LogP contribution < -0.4 is 15.8 Å². The van der Waals surface area contributed by atoms with Gasteiger partial charge in [0.05, 0.1) is 0 Å². The molecule has 0 saturated carbocycles. The number of thiazole rings is 1. The van der Waals surface area contributed by atoms with Gasteiger partial charge in [0.15, 0.2) is 11.7 Å². The maximum atomic E-state index is 11.8. The summed E-state index contributed by atoms with van der Waals surface area (Å²) in [5, 5.41) is 13.0. The number of anilines is 2. The summed E-state index contributed by atoms with van der Waals surface area (Å²) >= 11 is 1.20. The van der Waals surface area contributed by atoms with E-state index in [0.29, 0.717) is 16.6 Å². The minimum atomic E-state index is -0.342. The number of nitrogens with two attached hydrogens (primary N) is 1. The molecule has 1 aromatic heterocycles. The summed E-state index contributed by atoms with van der Waals surface area (Å²) in [6.07, 6.45) is 0. The van der Waals surface area contributed by atoms with Crippen molar-refractivity contribution in [2.75, 3.05) is 17.7 Å². The second-order valence-electron chi connectivity index (χ2n) is 3.50. The zero-order valence-corrected chi connectivity index (χ0v) is 10.6. The smallest absolute Gasteiger partial charge is 0.275 e. The quantitative estimate of drug-likeness (QED) is 0.886. The van der Waals surface area contributed by atoms with Crippen molar-refractivity contribution in [3.05, 3.63) is 35.3 Å². The lowest BCUT2D eigenvalue weighted by Gasteiger charge is -2.06. The summed E-state index contributed by atoms with van der Waals surface area (Å²) in [5.41, 5.74) is 6.30. The van der Waals surface area contributed by atoms with Crippen molar-refractivity contribution in [1.82, 2.24) is 4.98 Å². The molecule has 19 heavy (non-hydrogen) atoms. The zero-order valence-electron chi connectivity index (χ0n) is 9.79. The highest BCUT2D eigenvalue weighted by Crippen LogP contribution is 2.18. The summed E-state index contributed by atoms with van der Waals surface area (Å²) in [6, 6.07) is 8.64. The Bertz CT molecular complexity index is 633. The van der Waals surface area contributed by atoms with Crippen LogP contribution in [0.1, 0.15) is 10.5 Å². The topological polar surface area (TPSA) is 101 Å². The molecule has 0 aliphatic carbocycles. The van der Waals surface area contributed by atoms with Gasteiger partial charge in [0.1, 0.15) is 17.5 Å². The molecule has 2 rings (SSSR count). The van der Waals surface area contributed by atoms with Crippen molar-refractivity contribution in [2.24, 2.45) is 0 Å². The Morgan fingerprint density at radius 1 is 1.58 bits per heavy atom. The standard InChI is InChI=1S/C12H10N4O2S/c13-4-5-18-9-3-1-2-8(6-9)15-11(17)10-7-19-12(14)16-10/h1-3,6-7H,5H2,(H2,14,16)(H,15,17). The van der Waals surface area contributed by atoms with Gasteiger partial charge >= 0.3 is 0 Å². The number of nitriles is 1. The Hall–Kier alpha value is -2.59. The van der Waals surface area contributed by atoms with E-state index in [4.69, 9.17) is 15.7 Å². The molecule has 0 bridgehead atoms. The van der Waals surface area contributed by atoms with Crippen molar-refractivity contribution in [2.45, 2.75) is 0 Å². The van der Waals surface area contributed by atoms with Crippen LogP contribution in [0.15, 0.2) is 29.6 Å². The molecule has 0 fully saturated rings. The van der Waals surface area contributed by atoms with Crippen LogP contribution in [0, 0.1) is 11.3 Å². The fraction of sp³-hybridized carbons (Fsp3) is 0.0833. The normalized spacial score (nSPS) is 9.63. The maximum Gasteiger partial charge on any atom is 0.275 e. The van der Waals surface area contributed by atoms with E-state index in [1.54, 1.807) is 29.6 Å². The Morgan fingerprint density at radius 2 is 2.42 bits per heavy atom. The van der Waals surface area contributed by atoms with Gasteiger partial charge in [-0.3, -0.25) is 4.79 Å². The van der Waals surface area contributed by atoms with Crippen LogP contribution in [-0.2, 0) is 0 Å². The molecule has 0 saturated heterocycles. The highest BCUT2D eigenvalue weighted by Gasteiger charge is 2.10. The van der Waals surface area contributed by atoms with E-state index < -0.39 is 0 Å². The van der Waals surface area contributed by atoms with Gasteiger partial charge in [-0.25, -0.2) is 4.98 Å². The molecular weight excluding hydrogens is 264 g/mol. The number of aromatic nitrogens is 1. The molecule has 96 valence electrons. The molecule has 6 nitrogen and oxygen atoms in total. The van der Waals surface area contributed by atoms with Gasteiger partial charge in [-0.05, 0) is 12.1 Å². The third-order valence-electron chi connectivity index (χ3n) is 2.15. The van der Waals surface area contributed by atoms with E-state index >= 15 is 0 Å². The first-order chi connectivity index (χ1) is 9.19. The number of nitrogens with zero attached hydrogens (tertiary/aromatic N) is 2. The molecule has 1 heterocycles. The first kappa shape index (κ1) is 12.9. The van der Waals surface area contributed by atoms with Gasteiger partial charge in [-0.2, -0.15) is 5.26 Å². The molecule has 0 aliphatic heterocycles. The lowest BCUT2D eigenvalue weighted by molar-refractivity contribution is 0.102. The number of rotatable bonds is 4. The number of hydrogen-bond donors (Lipinski definition) is 2. The number of nitrogens with one attached hydrogen (secondary N) is 1. The monoisotopic (exact) mass is 274 g/mol. The van der Waals surface area contributed by atoms with E-state index in [2.05, 4.69) is 10.3 Å². The molecule has 3 N–H and O–H groups in total. The summed E-state index contributed by atoms with van der Waals surface area (Å²) in [5.74, 6) is 0.169. The lowest BCUT2D eigenvalue weighted by atomic mass is 10.3. The lowest BCUT2D eigenvalue weighted by Crippen LogP contribution is -2.12. The number of nitrogen functional groups attached to an aromatic ring is 1. The van der Waals surface area contributed by atoms with Crippen LogP contribution in [0.3, 0.4) is 0 Å². The van der Waals surface area contributed by atoms with Gasteiger partial charge in [0.2, 0.25) is 0 Å². The molecule has 0 spiro atoms. The van der Waals surface area contributed by atoms with Crippen LogP contribution in [0.2, 0.25) is 0 Å². The van der Waals surface area contributed by atoms with Gasteiger partial charge in [0.25, 0.3) is 5.91 Å². The van der Waals surface area contributed by atoms with Crippen LogP contribution >= 0.6 is 11.3 Å². The van der Waals surface area contributed by atoms with Gasteiger partial charge in [-0.15, -0.1) is 11.3 Å². The number of carbonyl (C=O) groups excluding carboxylic acids is 1. The average Bonchev–Trinajstić information content (AvgIpc) is 2.83. The SMILES string of the molecule is N#CCOc1cccc(NC(=O)c2csc(N)n2)c1. The first-order valence-electron chi connectivity index (χ1n) is 5.31. The van der Waals surface area contributed by atoms with Crippen molar-refractivity contribution >= 4 is 28.1 Å². The summed E-state index contributed by atoms with van der Waals surface area (Å²) in [4.78, 5) is 15.7. The molecule has 0 unspecified atom stereocenters. The molecular formula is C12H10N4O2S. The Morgan fingerprint density at radius 3 is 3.11 bits per heavy atom. The van der Waals surface area contributed by atoms with E-state index in [0.717, 1.165) is 0 Å². The van der Waals surface area contributed by atoms with Crippen molar-refractivity contribution in [1.29, 1.82) is 5.26 Å². The number of hydrogen-bond acceptors (Lipinski definition) is 6. The summed E-state index contributed by atoms with van der Waals surface area (Å²) in [6.45, 7) is -0.0416. The van der Waals surface area contributed by atoms with Crippen LogP contribution in [-0.4, -0.2) is 17.5 Å². The third kappa shape index (κ3) is 3.43. The van der Waals surface area contributed by atoms with Crippen molar-refractivity contribution in [3.8, 4) is 11.8 Å². The largest absolute Gasteiger partial charge is 0.479 e. The van der Waals surface area contributed by atoms with Crippen molar-refractivity contribution < 1.29 is 9.53 Å². The highest BCUT2D eigenvalue weighted by molar-refractivity contribution is 7.13. The number of amides is 1. The maximum absolute atomic E-state index is 11.8. The molecule has 1 amide bonds. The summed E-state index contributed by atoms with van der Waals surface area (Å²) in [7, 11) is 0. The van der Waals surface area contributed by atoms with Crippen LogP contribution in [0.5, 0.6) is 5.75 Å². The van der Waals surface area contributed by atoms with Crippen molar-refractivity contribution in [3.63, 3.8) is 0 Å². The molecule has 1 aromatic carbocycles. The molecule has 2 aromatic rings. The zero-order chi connectivity index (χ0) is 13.7. The second-order valence-corrected chi connectivity index (χ2v) is 4.39. The van der Waals surface area contributed by atoms with Gasteiger partial charge < -0.3 is 15.8 Å². The van der Waals surface area contributed by atoms with E-state index in [1.165, 1.54) is 11.3 Å². The molecule has 0 atom stereocenters. The fourth-order valence-electron chi connectivity index (χ4n) is 1.37. The fourth-order valence-corrected chi connectivity index (χ4v) is 1.91. The highest BCUT2D eigenvalue weighted by atomic mass is 32.1. The number of carbonyl (C=O) groups is 1. The van der Waals surface area contributed by atoms with Crippen LogP contribution in [0.4, 0.5) is 10.8 Å². The summed E-state index contributed by atoms with van der Waals surface area (Å²) < 4.78 is 5.14. The number of benzene rings is 1. The molecule has 7 heteroatoms. The minimum Gasteiger partial charge on any atom is -0.479 e. The third-order valence-corrected chi connectivity index (χ3v) is 2.82. The molecule has 0 aliphatic rings. The molecule has 0 radical (unpaired) electrons. The average molecular weight is 274 g/mol. The predicted octanol–water partition coefficient (Wildman–Crippen LogP) is 1.88. The van der Waals surface area contributed by atoms with E-state index in [-0.39, 0.29) is 18.2 Å². The minimum absolute atomic E-state index is 0.0416. The predicted molar refractivity (Wildman–Crippen MR) is 72.0 cm³/mol. The Kier molecular flexibility index (Phi) is 3.95. The second kappa shape index (κ2) is 5.84. The Labute approximate surface area is 113 Å². The van der Waals surface area contributed by atoms with Gasteiger partial charge in [0, 0.05) is 17.1 Å². The van der Waals surface area contributed by atoms with E-state index in [1.807, 2.05) is 6.07 Å².